The summed E-state index contributed by atoms with van der Waals surface area (Å²) in [7, 11) is 0. The Morgan fingerprint density at radius 2 is 2.04 bits per heavy atom. The molecule has 1 amide bonds. The molecule has 10 heteroatoms. The molecule has 10 nitrogen and oxygen atoms in total. The highest BCUT2D eigenvalue weighted by Crippen LogP contribution is 2.36. The molecule has 0 aromatic carbocycles. The lowest BCUT2D eigenvalue weighted by Crippen LogP contribution is -2.44. The normalized spacial score (nSPS) is 22.1. The third-order valence-electron chi connectivity index (χ3n) is 5.22. The number of carbonyl (C=O) groups is 1. The van der Waals surface area contributed by atoms with E-state index in [1.807, 2.05) is 0 Å². The Balaban J connectivity index is 1.20. The van der Waals surface area contributed by atoms with E-state index in [1.54, 1.807) is 24.8 Å². The minimum absolute atomic E-state index is 0.0962. The number of morpholine rings is 1. The minimum Gasteiger partial charge on any atom is -0.378 e. The molecule has 3 aromatic heterocycles. The topological polar surface area (TPSA) is 110 Å². The van der Waals surface area contributed by atoms with Crippen LogP contribution in [0.15, 0.2) is 30.9 Å². The van der Waals surface area contributed by atoms with Crippen LogP contribution in [-0.2, 0) is 4.74 Å². The number of amides is 1. The van der Waals surface area contributed by atoms with Gasteiger partial charge in [-0.15, -0.1) is 5.10 Å². The second-order valence-corrected chi connectivity index (χ2v) is 7.04. The fourth-order valence-electron chi connectivity index (χ4n) is 3.61. The molecular formula is C18H20N8O2. The van der Waals surface area contributed by atoms with Crippen molar-refractivity contribution in [2.24, 2.45) is 0 Å². The number of carbonyl (C=O) groups excluding carboxylic acids is 1. The van der Waals surface area contributed by atoms with Gasteiger partial charge in [0.15, 0.2) is 0 Å². The first-order valence-electron chi connectivity index (χ1n) is 9.39. The Morgan fingerprint density at radius 1 is 1.18 bits per heavy atom. The zero-order chi connectivity index (χ0) is 18.9. The number of nitrogens with zero attached hydrogens (tertiary/aromatic N) is 7. The van der Waals surface area contributed by atoms with E-state index in [4.69, 9.17) is 4.74 Å². The molecule has 1 saturated carbocycles. The lowest BCUT2D eigenvalue weighted by molar-refractivity contribution is 0.0897. The van der Waals surface area contributed by atoms with Crippen LogP contribution in [0.2, 0.25) is 0 Å². The Hall–Kier alpha value is -3.14. The fraction of sp³-hybridized carbons (Fsp3) is 0.444. The maximum absolute atomic E-state index is 12.4. The zero-order valence-corrected chi connectivity index (χ0v) is 15.2. The molecular weight excluding hydrogens is 360 g/mol. The first-order chi connectivity index (χ1) is 13.8. The summed E-state index contributed by atoms with van der Waals surface area (Å²) in [4.78, 5) is 31.7. The molecule has 5 rings (SSSR count). The predicted octanol–water partition coefficient (Wildman–Crippen LogP) is 0.427. The van der Waals surface area contributed by atoms with E-state index < -0.39 is 0 Å². The predicted molar refractivity (Wildman–Crippen MR) is 99.1 cm³/mol. The summed E-state index contributed by atoms with van der Waals surface area (Å²) in [5.74, 6) is 1.55. The van der Waals surface area contributed by atoms with E-state index in [0.29, 0.717) is 11.7 Å². The average Bonchev–Trinajstić information content (AvgIpc) is 3.15. The van der Waals surface area contributed by atoms with Crippen molar-refractivity contribution in [3.63, 3.8) is 0 Å². The molecule has 0 unspecified atom stereocenters. The Bertz CT molecular complexity index is 961. The molecule has 2 fully saturated rings. The van der Waals surface area contributed by atoms with Crippen LogP contribution in [0, 0.1) is 0 Å². The molecule has 0 spiro atoms. The highest BCUT2D eigenvalue weighted by molar-refractivity contribution is 5.91. The van der Waals surface area contributed by atoms with Gasteiger partial charge >= 0.3 is 0 Å². The molecule has 0 radical (unpaired) electrons. The molecule has 1 aliphatic carbocycles. The van der Waals surface area contributed by atoms with Gasteiger partial charge in [-0.2, -0.15) is 4.98 Å². The van der Waals surface area contributed by atoms with Gasteiger partial charge in [0.05, 0.1) is 13.2 Å². The number of ether oxygens (including phenoxy) is 1. The molecule has 28 heavy (non-hydrogen) atoms. The maximum atomic E-state index is 12.4. The molecule has 0 bridgehead atoms. The summed E-state index contributed by atoms with van der Waals surface area (Å²) in [6.45, 7) is 3.15. The Morgan fingerprint density at radius 3 is 2.86 bits per heavy atom. The van der Waals surface area contributed by atoms with Gasteiger partial charge in [0, 0.05) is 49.2 Å². The summed E-state index contributed by atoms with van der Waals surface area (Å²) in [6, 6.07) is 3.90. The van der Waals surface area contributed by atoms with Crippen LogP contribution in [0.3, 0.4) is 0 Å². The zero-order valence-electron chi connectivity index (χ0n) is 15.2. The molecule has 4 heterocycles. The minimum atomic E-state index is -0.273. The van der Waals surface area contributed by atoms with Gasteiger partial charge in [-0.05, 0) is 18.9 Å². The summed E-state index contributed by atoms with van der Waals surface area (Å²) in [5.41, 5.74) is 1.03. The summed E-state index contributed by atoms with van der Waals surface area (Å²) in [5, 5.41) is 7.16. The van der Waals surface area contributed by atoms with Crippen LogP contribution in [-0.4, -0.2) is 67.8 Å². The van der Waals surface area contributed by atoms with Gasteiger partial charge < -0.3 is 15.0 Å². The Labute approximate surface area is 161 Å². The van der Waals surface area contributed by atoms with E-state index in [1.165, 1.54) is 4.52 Å². The van der Waals surface area contributed by atoms with Crippen LogP contribution in [0.5, 0.6) is 0 Å². The van der Waals surface area contributed by atoms with Crippen LogP contribution >= 0.6 is 0 Å². The first-order valence-corrected chi connectivity index (χ1v) is 9.39. The lowest BCUT2D eigenvalue weighted by atomic mass is 9.78. The highest BCUT2D eigenvalue weighted by atomic mass is 16.5. The summed E-state index contributed by atoms with van der Waals surface area (Å²) in [6.07, 6.45) is 6.65. The van der Waals surface area contributed by atoms with Crippen molar-refractivity contribution < 1.29 is 9.53 Å². The monoisotopic (exact) mass is 380 g/mol. The van der Waals surface area contributed by atoms with Crippen molar-refractivity contribution >= 4 is 17.5 Å². The molecule has 0 atom stereocenters. The number of hydrogen-bond acceptors (Lipinski definition) is 8. The number of hydrogen-bond donors (Lipinski definition) is 1. The van der Waals surface area contributed by atoms with E-state index in [9.17, 15) is 4.79 Å². The van der Waals surface area contributed by atoms with E-state index in [2.05, 4.69) is 41.3 Å². The van der Waals surface area contributed by atoms with Crippen molar-refractivity contribution in [1.29, 1.82) is 0 Å². The number of aromatic nitrogens is 6. The van der Waals surface area contributed by atoms with Gasteiger partial charge in [-0.3, -0.25) is 4.79 Å². The molecule has 1 aliphatic heterocycles. The van der Waals surface area contributed by atoms with Gasteiger partial charge in [0.2, 0.25) is 5.82 Å². The van der Waals surface area contributed by atoms with E-state index in [-0.39, 0.29) is 17.8 Å². The highest BCUT2D eigenvalue weighted by Gasteiger charge is 2.33. The van der Waals surface area contributed by atoms with Crippen LogP contribution in [0.25, 0.3) is 5.78 Å². The van der Waals surface area contributed by atoms with Crippen LogP contribution in [0.4, 0.5) is 5.82 Å². The van der Waals surface area contributed by atoms with Gasteiger partial charge in [-0.25, -0.2) is 19.5 Å². The Kier molecular flexibility index (Phi) is 4.32. The van der Waals surface area contributed by atoms with Crippen LogP contribution < -0.4 is 10.2 Å². The van der Waals surface area contributed by atoms with E-state index in [0.717, 1.165) is 50.7 Å². The molecule has 1 N–H and O–H groups in total. The van der Waals surface area contributed by atoms with E-state index >= 15 is 0 Å². The van der Waals surface area contributed by atoms with Crippen molar-refractivity contribution in [3.05, 3.63) is 42.4 Å². The molecule has 144 valence electrons. The molecule has 3 aromatic rings. The van der Waals surface area contributed by atoms with Crippen LogP contribution in [0.1, 0.15) is 35.1 Å². The van der Waals surface area contributed by atoms with Crippen molar-refractivity contribution in [3.8, 4) is 0 Å². The fourth-order valence-corrected chi connectivity index (χ4v) is 3.61. The number of nitrogens with one attached hydrogen (secondary N) is 1. The number of anilines is 1. The standard InChI is InChI=1S/C18H20N8O2/c27-17(16-23-18-19-2-1-3-26(18)24-16)22-13-8-12(9-13)14-10-15(21-11-20-14)25-4-6-28-7-5-25/h1-3,10-13H,4-9H2,(H,22,27). The lowest BCUT2D eigenvalue weighted by Gasteiger charge is -2.35. The maximum Gasteiger partial charge on any atom is 0.291 e. The average molecular weight is 380 g/mol. The smallest absolute Gasteiger partial charge is 0.291 e. The van der Waals surface area contributed by atoms with Gasteiger partial charge in [0.25, 0.3) is 11.7 Å². The third kappa shape index (κ3) is 3.26. The van der Waals surface area contributed by atoms with Crippen molar-refractivity contribution in [2.45, 2.75) is 24.8 Å². The summed E-state index contributed by atoms with van der Waals surface area (Å²) >= 11 is 0. The number of rotatable bonds is 4. The summed E-state index contributed by atoms with van der Waals surface area (Å²) < 4.78 is 6.89. The number of fused-ring (bicyclic) bond motifs is 1. The second kappa shape index (κ2) is 7.12. The van der Waals surface area contributed by atoms with Crippen molar-refractivity contribution in [1.82, 2.24) is 34.9 Å². The first kappa shape index (κ1) is 17.0. The second-order valence-electron chi connectivity index (χ2n) is 7.04. The SMILES string of the molecule is O=C(NC1CC(c2cc(N3CCOCC3)ncn2)C1)c1nc2ncccn2n1. The molecule has 1 saturated heterocycles. The van der Waals surface area contributed by atoms with Gasteiger partial charge in [-0.1, -0.05) is 0 Å². The van der Waals surface area contributed by atoms with Gasteiger partial charge in [0.1, 0.15) is 12.1 Å². The third-order valence-corrected chi connectivity index (χ3v) is 5.22. The molecule has 2 aliphatic rings. The largest absolute Gasteiger partial charge is 0.378 e. The van der Waals surface area contributed by atoms with Crippen molar-refractivity contribution in [2.75, 3.05) is 31.2 Å². The quantitative estimate of drug-likeness (QED) is 0.694.